The predicted molar refractivity (Wildman–Crippen MR) is 116 cm³/mol. The molecule has 0 aliphatic carbocycles. The lowest BCUT2D eigenvalue weighted by molar-refractivity contribution is -0.123. The molecule has 0 spiro atoms. The fourth-order valence-electron chi connectivity index (χ4n) is 2.47. The van der Waals surface area contributed by atoms with Gasteiger partial charge < -0.3 is 15.4 Å². The number of aromatic nitrogens is 2. The molecule has 3 rings (SSSR count). The maximum Gasteiger partial charge on any atom is 0.275 e. The van der Waals surface area contributed by atoms with Crippen LogP contribution in [0.25, 0.3) is 11.0 Å². The fourth-order valence-corrected chi connectivity index (χ4v) is 2.76. The number of ether oxygens (including phenoxy) is 1. The second kappa shape index (κ2) is 10.0. The molecule has 1 heterocycles. The molecule has 0 unspecified atom stereocenters. The van der Waals surface area contributed by atoms with Crippen LogP contribution in [0, 0.1) is 0 Å². The van der Waals surface area contributed by atoms with Crippen LogP contribution < -0.4 is 15.4 Å². The quantitative estimate of drug-likeness (QED) is 0.551. The molecule has 0 aliphatic heterocycles. The average molecular weight is 445 g/mol. The van der Waals surface area contributed by atoms with Gasteiger partial charge in [-0.1, -0.05) is 41.9 Å². The molecule has 9 heteroatoms. The van der Waals surface area contributed by atoms with E-state index in [1.807, 2.05) is 18.2 Å². The van der Waals surface area contributed by atoms with Gasteiger partial charge in [-0.25, -0.2) is 4.98 Å². The fraction of sp³-hybridized carbons (Fsp3) is 0.143. The zero-order valence-corrected chi connectivity index (χ0v) is 17.3. The first kappa shape index (κ1) is 21.5. The molecule has 0 saturated heterocycles. The molecule has 2 aromatic carbocycles. The van der Waals surface area contributed by atoms with Gasteiger partial charge in [-0.2, -0.15) is 0 Å². The maximum atomic E-state index is 12.3. The monoisotopic (exact) mass is 444 g/mol. The van der Waals surface area contributed by atoms with E-state index in [4.69, 9.17) is 27.9 Å². The molecule has 2 N–H and O–H groups in total. The number of halogens is 2. The number of hydrogen-bond donors (Lipinski definition) is 2. The summed E-state index contributed by atoms with van der Waals surface area (Å²) in [5, 5.41) is 6.09. The van der Waals surface area contributed by atoms with Gasteiger partial charge in [-0.05, 0) is 24.3 Å². The summed E-state index contributed by atoms with van der Waals surface area (Å²) in [6.07, 6.45) is 1.76. The first-order valence-electron chi connectivity index (χ1n) is 8.98. The Morgan fingerprint density at radius 1 is 1.07 bits per heavy atom. The van der Waals surface area contributed by atoms with Crippen LogP contribution in [-0.2, 0) is 4.79 Å². The Balaban J connectivity index is 1.40. The van der Waals surface area contributed by atoms with Crippen LogP contribution in [0.3, 0.4) is 0 Å². The van der Waals surface area contributed by atoms with Gasteiger partial charge in [0, 0.05) is 24.7 Å². The minimum Gasteiger partial charge on any atom is -0.484 e. The van der Waals surface area contributed by atoms with Gasteiger partial charge in [0.1, 0.15) is 11.4 Å². The van der Waals surface area contributed by atoms with Crippen LogP contribution >= 0.6 is 23.2 Å². The van der Waals surface area contributed by atoms with Crippen molar-refractivity contribution in [2.24, 2.45) is 0 Å². The normalized spacial score (nSPS) is 10.5. The molecule has 1 aromatic heterocycles. The first-order valence-corrected chi connectivity index (χ1v) is 9.73. The van der Waals surface area contributed by atoms with Gasteiger partial charge >= 0.3 is 0 Å². The van der Waals surface area contributed by atoms with Crippen LogP contribution in [0.2, 0.25) is 10.0 Å². The standard InChI is InChI=1S/C21H18Cl2N4O3/c1-13(26-21(29)19-11-25-17-4-2-3-5-18(17)27-19)8-9-24-20(28)12-30-14-6-7-15(22)16(23)10-14/h2-7,10-11H,1,8-9,12H2,(H,24,28)(H,26,29). The number of carbonyl (C=O) groups is 2. The SMILES string of the molecule is C=C(CCNC(=O)COc1ccc(Cl)c(Cl)c1)NC(=O)c1cnc2ccccc2n1. The van der Waals surface area contributed by atoms with Gasteiger partial charge in [-0.15, -0.1) is 0 Å². The van der Waals surface area contributed by atoms with Crippen molar-refractivity contribution in [2.45, 2.75) is 6.42 Å². The Morgan fingerprint density at radius 3 is 2.60 bits per heavy atom. The smallest absolute Gasteiger partial charge is 0.275 e. The van der Waals surface area contributed by atoms with Crippen molar-refractivity contribution in [3.05, 3.63) is 76.7 Å². The summed E-state index contributed by atoms with van der Waals surface area (Å²) in [5.74, 6) is -0.291. The van der Waals surface area contributed by atoms with Gasteiger partial charge in [-0.3, -0.25) is 14.6 Å². The molecule has 0 fully saturated rings. The summed E-state index contributed by atoms with van der Waals surface area (Å²) in [4.78, 5) is 32.7. The Labute approximate surface area is 183 Å². The summed E-state index contributed by atoms with van der Waals surface area (Å²) >= 11 is 11.7. The lowest BCUT2D eigenvalue weighted by Gasteiger charge is -2.10. The van der Waals surface area contributed by atoms with Crippen LogP contribution in [0.5, 0.6) is 5.75 Å². The highest BCUT2D eigenvalue weighted by Crippen LogP contribution is 2.26. The van der Waals surface area contributed by atoms with Crippen molar-refractivity contribution < 1.29 is 14.3 Å². The van der Waals surface area contributed by atoms with Crippen LogP contribution in [0.1, 0.15) is 16.9 Å². The largest absolute Gasteiger partial charge is 0.484 e. The van der Waals surface area contributed by atoms with Crippen LogP contribution in [-0.4, -0.2) is 34.9 Å². The van der Waals surface area contributed by atoms with Crippen molar-refractivity contribution in [1.82, 2.24) is 20.6 Å². The lowest BCUT2D eigenvalue weighted by atomic mass is 10.2. The summed E-state index contributed by atoms with van der Waals surface area (Å²) in [6.45, 7) is 3.91. The second-order valence-electron chi connectivity index (χ2n) is 6.27. The van der Waals surface area contributed by atoms with Gasteiger partial charge in [0.2, 0.25) is 0 Å². The van der Waals surface area contributed by atoms with Crippen molar-refractivity contribution >= 4 is 46.0 Å². The lowest BCUT2D eigenvalue weighted by Crippen LogP contribution is -2.31. The number of hydrogen-bond acceptors (Lipinski definition) is 5. The second-order valence-corrected chi connectivity index (χ2v) is 7.08. The molecular formula is C21H18Cl2N4O3. The molecule has 0 atom stereocenters. The third-order valence-electron chi connectivity index (χ3n) is 3.98. The Kier molecular flexibility index (Phi) is 7.21. The molecule has 154 valence electrons. The molecule has 0 aliphatic rings. The minimum atomic E-state index is -0.410. The van der Waals surface area contributed by atoms with E-state index in [2.05, 4.69) is 27.2 Å². The highest BCUT2D eigenvalue weighted by Gasteiger charge is 2.11. The Morgan fingerprint density at radius 2 is 1.83 bits per heavy atom. The Bertz CT molecular complexity index is 1100. The predicted octanol–water partition coefficient (Wildman–Crippen LogP) is 3.77. The topological polar surface area (TPSA) is 93.2 Å². The van der Waals surface area contributed by atoms with E-state index in [-0.39, 0.29) is 24.8 Å². The highest BCUT2D eigenvalue weighted by molar-refractivity contribution is 6.42. The number of amides is 2. The summed E-state index contributed by atoms with van der Waals surface area (Å²) < 4.78 is 5.36. The van der Waals surface area contributed by atoms with E-state index in [9.17, 15) is 9.59 Å². The molecule has 0 radical (unpaired) electrons. The van der Waals surface area contributed by atoms with E-state index in [0.29, 0.717) is 38.9 Å². The minimum absolute atomic E-state index is 0.177. The summed E-state index contributed by atoms with van der Waals surface area (Å²) in [7, 11) is 0. The van der Waals surface area contributed by atoms with Crippen molar-refractivity contribution in [2.75, 3.05) is 13.2 Å². The molecular weight excluding hydrogens is 427 g/mol. The van der Waals surface area contributed by atoms with Crippen LogP contribution in [0.15, 0.2) is 60.9 Å². The van der Waals surface area contributed by atoms with Gasteiger partial charge in [0.25, 0.3) is 11.8 Å². The number of rotatable bonds is 8. The van der Waals surface area contributed by atoms with Crippen molar-refractivity contribution in [3.8, 4) is 5.75 Å². The van der Waals surface area contributed by atoms with E-state index >= 15 is 0 Å². The van der Waals surface area contributed by atoms with Gasteiger partial charge in [0.05, 0.1) is 27.3 Å². The number of fused-ring (bicyclic) bond motifs is 1. The first-order chi connectivity index (χ1) is 14.4. The number of benzene rings is 2. The third kappa shape index (κ3) is 5.92. The molecule has 0 bridgehead atoms. The molecule has 0 saturated carbocycles. The highest BCUT2D eigenvalue weighted by atomic mass is 35.5. The van der Waals surface area contributed by atoms with Crippen molar-refractivity contribution in [1.29, 1.82) is 0 Å². The van der Waals surface area contributed by atoms with Crippen LogP contribution in [0.4, 0.5) is 0 Å². The summed E-state index contributed by atoms with van der Waals surface area (Å²) in [5.41, 5.74) is 1.97. The molecule has 2 amide bonds. The van der Waals surface area contributed by atoms with E-state index in [1.165, 1.54) is 12.3 Å². The van der Waals surface area contributed by atoms with Crippen molar-refractivity contribution in [3.63, 3.8) is 0 Å². The molecule has 3 aromatic rings. The number of carbonyl (C=O) groups excluding carboxylic acids is 2. The van der Waals surface area contributed by atoms with E-state index in [1.54, 1.807) is 18.2 Å². The zero-order chi connectivity index (χ0) is 21.5. The van der Waals surface area contributed by atoms with E-state index < -0.39 is 5.91 Å². The number of para-hydroxylation sites is 2. The maximum absolute atomic E-state index is 12.3. The summed E-state index contributed by atoms with van der Waals surface area (Å²) in [6, 6.07) is 12.0. The zero-order valence-electron chi connectivity index (χ0n) is 15.8. The van der Waals surface area contributed by atoms with Gasteiger partial charge in [0.15, 0.2) is 6.61 Å². The van der Waals surface area contributed by atoms with E-state index in [0.717, 1.165) is 0 Å². The average Bonchev–Trinajstić information content (AvgIpc) is 2.74. The number of nitrogens with one attached hydrogen (secondary N) is 2. The molecule has 30 heavy (non-hydrogen) atoms. The molecule has 7 nitrogen and oxygen atoms in total. The third-order valence-corrected chi connectivity index (χ3v) is 4.72. The Hall–Kier alpha value is -3.16. The number of nitrogens with zero attached hydrogens (tertiary/aromatic N) is 2.